The Kier molecular flexibility index (Phi) is 5.79. The molecule has 0 saturated heterocycles. The number of aryl methyl sites for hydroxylation is 2. The maximum atomic E-state index is 12.9. The van der Waals surface area contributed by atoms with Gasteiger partial charge in [0.1, 0.15) is 6.04 Å². The lowest BCUT2D eigenvalue weighted by molar-refractivity contribution is -0.119. The van der Waals surface area contributed by atoms with Crippen LogP contribution in [0.5, 0.6) is 5.88 Å². The predicted octanol–water partition coefficient (Wildman–Crippen LogP) is 3.69. The van der Waals surface area contributed by atoms with Gasteiger partial charge in [-0.2, -0.15) is 5.10 Å². The molecular formula is C24H23ClN6O3. The number of ether oxygens (including phenoxy) is 1. The van der Waals surface area contributed by atoms with Crippen molar-refractivity contribution in [1.29, 1.82) is 0 Å². The van der Waals surface area contributed by atoms with Crippen molar-refractivity contribution in [1.82, 2.24) is 24.4 Å². The van der Waals surface area contributed by atoms with Gasteiger partial charge in [0.15, 0.2) is 5.65 Å². The largest absolute Gasteiger partial charge is 0.477 e. The minimum absolute atomic E-state index is 0.280. The molecule has 0 saturated carbocycles. The number of carbonyl (C=O) groups excluding carboxylic acids is 1. The van der Waals surface area contributed by atoms with E-state index in [0.29, 0.717) is 34.5 Å². The normalized spacial score (nSPS) is 13.6. The highest BCUT2D eigenvalue weighted by Gasteiger charge is 2.22. The van der Waals surface area contributed by atoms with Crippen molar-refractivity contribution in [3.63, 3.8) is 0 Å². The highest BCUT2D eigenvalue weighted by molar-refractivity contribution is 6.34. The second-order valence-corrected chi connectivity index (χ2v) is 8.55. The van der Waals surface area contributed by atoms with Gasteiger partial charge in [-0.05, 0) is 56.9 Å². The third-order valence-electron chi connectivity index (χ3n) is 5.84. The van der Waals surface area contributed by atoms with Gasteiger partial charge < -0.3 is 10.1 Å². The average Bonchev–Trinajstić information content (AvgIpc) is 3.45. The Morgan fingerprint density at radius 1 is 1.21 bits per heavy atom. The van der Waals surface area contributed by atoms with Crippen LogP contribution >= 0.6 is 11.6 Å². The van der Waals surface area contributed by atoms with Gasteiger partial charge in [0.25, 0.3) is 5.56 Å². The molecule has 0 aliphatic heterocycles. The van der Waals surface area contributed by atoms with E-state index in [4.69, 9.17) is 16.3 Å². The fourth-order valence-corrected chi connectivity index (χ4v) is 4.27. The Hall–Kier alpha value is -3.72. The number of carbonyl (C=O) groups is 1. The smallest absolute Gasteiger partial charge is 0.267 e. The Balaban J connectivity index is 1.35. The number of benzene rings is 1. The quantitative estimate of drug-likeness (QED) is 0.453. The van der Waals surface area contributed by atoms with Gasteiger partial charge in [0.2, 0.25) is 11.8 Å². The van der Waals surface area contributed by atoms with E-state index in [9.17, 15) is 9.59 Å². The third kappa shape index (κ3) is 4.14. The summed E-state index contributed by atoms with van der Waals surface area (Å²) in [5, 5.41) is 11.9. The molecule has 3 aromatic heterocycles. The van der Waals surface area contributed by atoms with Crippen LogP contribution in [0.2, 0.25) is 5.02 Å². The lowest BCUT2D eigenvalue weighted by atomic mass is 10.1. The Morgan fingerprint density at radius 3 is 2.85 bits per heavy atom. The van der Waals surface area contributed by atoms with Gasteiger partial charge in [0, 0.05) is 17.7 Å². The molecule has 0 spiro atoms. The zero-order valence-corrected chi connectivity index (χ0v) is 19.5. The second-order valence-electron chi connectivity index (χ2n) is 8.15. The van der Waals surface area contributed by atoms with Gasteiger partial charge in [-0.3, -0.25) is 9.59 Å². The second kappa shape index (κ2) is 8.90. The van der Waals surface area contributed by atoms with E-state index >= 15 is 0 Å². The molecule has 0 fully saturated rings. The number of halogens is 1. The molecule has 1 amide bonds. The number of aromatic nitrogens is 5. The monoisotopic (exact) mass is 478 g/mol. The molecule has 5 rings (SSSR count). The number of fused-ring (bicyclic) bond motifs is 2. The molecule has 10 heteroatoms. The molecule has 1 atom stereocenters. The summed E-state index contributed by atoms with van der Waals surface area (Å²) in [5.74, 6) is 0.142. The summed E-state index contributed by atoms with van der Waals surface area (Å²) < 4.78 is 8.32. The van der Waals surface area contributed by atoms with Gasteiger partial charge in [0.05, 0.1) is 34.9 Å². The van der Waals surface area contributed by atoms with Crippen LogP contribution in [0.25, 0.3) is 16.9 Å². The molecule has 4 aromatic rings. The van der Waals surface area contributed by atoms with Crippen LogP contribution in [0, 0.1) is 0 Å². The first-order chi connectivity index (χ1) is 16.4. The van der Waals surface area contributed by atoms with Crippen molar-refractivity contribution >= 4 is 28.8 Å². The fraction of sp³-hybridized carbons (Fsp3) is 0.292. The molecule has 9 nitrogen and oxygen atoms in total. The van der Waals surface area contributed by atoms with Crippen molar-refractivity contribution in [3.05, 3.63) is 69.2 Å². The molecule has 1 unspecified atom stereocenters. The van der Waals surface area contributed by atoms with Crippen LogP contribution in [-0.4, -0.2) is 36.9 Å². The van der Waals surface area contributed by atoms with E-state index in [0.717, 1.165) is 36.1 Å². The first kappa shape index (κ1) is 22.1. The number of nitrogens with one attached hydrogen (secondary N) is 1. The lowest BCUT2D eigenvalue weighted by Gasteiger charge is -2.16. The van der Waals surface area contributed by atoms with E-state index in [-0.39, 0.29) is 11.5 Å². The zero-order valence-electron chi connectivity index (χ0n) is 18.8. The summed E-state index contributed by atoms with van der Waals surface area (Å²) >= 11 is 6.48. The van der Waals surface area contributed by atoms with E-state index in [2.05, 4.69) is 20.5 Å². The maximum Gasteiger partial charge on any atom is 0.267 e. The van der Waals surface area contributed by atoms with E-state index in [1.54, 1.807) is 41.9 Å². The number of anilines is 1. The lowest BCUT2D eigenvalue weighted by Crippen LogP contribution is -2.34. The third-order valence-corrected chi connectivity index (χ3v) is 6.15. The Morgan fingerprint density at radius 2 is 2.06 bits per heavy atom. The summed E-state index contributed by atoms with van der Waals surface area (Å²) in [7, 11) is 0. The van der Waals surface area contributed by atoms with E-state index < -0.39 is 6.04 Å². The number of rotatable bonds is 6. The summed E-state index contributed by atoms with van der Waals surface area (Å²) in [4.78, 5) is 29.9. The number of imidazole rings is 1. The summed E-state index contributed by atoms with van der Waals surface area (Å²) in [5.41, 5.74) is 4.16. The minimum Gasteiger partial charge on any atom is -0.477 e. The summed E-state index contributed by atoms with van der Waals surface area (Å²) in [6.07, 6.45) is 4.44. The molecule has 0 radical (unpaired) electrons. The van der Waals surface area contributed by atoms with Crippen LogP contribution in [0.15, 0.2) is 47.4 Å². The molecular weight excluding hydrogens is 456 g/mol. The van der Waals surface area contributed by atoms with Crippen molar-refractivity contribution in [2.75, 3.05) is 11.9 Å². The highest BCUT2D eigenvalue weighted by atomic mass is 35.5. The van der Waals surface area contributed by atoms with Crippen LogP contribution in [-0.2, 0) is 17.6 Å². The van der Waals surface area contributed by atoms with Crippen LogP contribution in [0.3, 0.4) is 0 Å². The van der Waals surface area contributed by atoms with Gasteiger partial charge in [-0.1, -0.05) is 17.7 Å². The molecule has 1 N–H and O–H groups in total. The molecule has 1 aromatic carbocycles. The van der Waals surface area contributed by atoms with Crippen molar-refractivity contribution in [2.24, 2.45) is 0 Å². The first-order valence-corrected chi connectivity index (χ1v) is 11.5. The molecule has 1 aliphatic carbocycles. The number of nitrogens with zero attached hydrogens (tertiary/aromatic N) is 5. The number of hydrogen-bond acceptors (Lipinski definition) is 6. The van der Waals surface area contributed by atoms with Gasteiger partial charge in [-0.15, -0.1) is 5.10 Å². The fourth-order valence-electron chi connectivity index (χ4n) is 4.05. The van der Waals surface area contributed by atoms with Gasteiger partial charge in [-0.25, -0.2) is 14.2 Å². The van der Waals surface area contributed by atoms with Crippen molar-refractivity contribution < 1.29 is 9.53 Å². The first-order valence-electron chi connectivity index (χ1n) is 11.1. The molecule has 1 aliphatic rings. The standard InChI is InChI=1S/C24H23ClN6O3/c1-3-34-22-10-9-21-26-20(13-30(21)29-22)16-7-8-19(17(25)11-16)27-24(33)14(2)31-23(32)12-15-5-4-6-18(15)28-31/h7-14H,3-6H2,1-2H3,(H,27,33). The zero-order chi connectivity index (χ0) is 23.8. The summed E-state index contributed by atoms with van der Waals surface area (Å²) in [6, 6.07) is 9.66. The van der Waals surface area contributed by atoms with E-state index in [1.807, 2.05) is 19.1 Å². The molecule has 34 heavy (non-hydrogen) atoms. The SMILES string of the molecule is CCOc1ccc2nc(-c3ccc(NC(=O)C(C)n4nc5c(cc4=O)CCC5)c(Cl)c3)cn2n1. The number of amides is 1. The molecule has 3 heterocycles. The number of hydrogen-bond donors (Lipinski definition) is 1. The van der Waals surface area contributed by atoms with Crippen molar-refractivity contribution in [3.8, 4) is 17.1 Å². The maximum absolute atomic E-state index is 12.9. The van der Waals surface area contributed by atoms with Crippen LogP contribution < -0.4 is 15.6 Å². The molecule has 0 bridgehead atoms. The van der Waals surface area contributed by atoms with Crippen molar-refractivity contribution in [2.45, 2.75) is 39.2 Å². The highest BCUT2D eigenvalue weighted by Crippen LogP contribution is 2.29. The topological polar surface area (TPSA) is 103 Å². The van der Waals surface area contributed by atoms with Crippen LogP contribution in [0.4, 0.5) is 5.69 Å². The minimum atomic E-state index is -0.779. The predicted molar refractivity (Wildman–Crippen MR) is 128 cm³/mol. The Bertz CT molecular complexity index is 1460. The van der Waals surface area contributed by atoms with E-state index in [1.165, 1.54) is 4.68 Å². The van der Waals surface area contributed by atoms with Gasteiger partial charge >= 0.3 is 0 Å². The average molecular weight is 479 g/mol. The summed E-state index contributed by atoms with van der Waals surface area (Å²) in [6.45, 7) is 4.07. The molecule has 174 valence electrons. The Labute approximate surface area is 200 Å². The van der Waals surface area contributed by atoms with Crippen LogP contribution in [0.1, 0.15) is 37.6 Å².